The third-order valence-corrected chi connectivity index (χ3v) is 2.70. The molecule has 0 radical (unpaired) electrons. The van der Waals surface area contributed by atoms with Gasteiger partial charge in [0, 0.05) is 11.8 Å². The molecule has 17 heavy (non-hydrogen) atoms. The second-order valence-electron chi connectivity index (χ2n) is 3.94. The Morgan fingerprint density at radius 1 is 1.12 bits per heavy atom. The van der Waals surface area contributed by atoms with Crippen molar-refractivity contribution < 1.29 is 0 Å². The Hall–Kier alpha value is -1.74. The van der Waals surface area contributed by atoms with Crippen LogP contribution in [0.3, 0.4) is 0 Å². The first-order chi connectivity index (χ1) is 8.33. The van der Waals surface area contributed by atoms with E-state index in [0.29, 0.717) is 6.54 Å². The van der Waals surface area contributed by atoms with Gasteiger partial charge in [0.05, 0.1) is 12.2 Å². The van der Waals surface area contributed by atoms with Gasteiger partial charge in [0.15, 0.2) is 0 Å². The van der Waals surface area contributed by atoms with Crippen LogP contribution in [0.25, 0.3) is 11.3 Å². The molecular formula is C14H17N3. The normalized spacial score (nSPS) is 10.5. The van der Waals surface area contributed by atoms with E-state index in [2.05, 4.69) is 46.5 Å². The summed E-state index contributed by atoms with van der Waals surface area (Å²) >= 11 is 0. The van der Waals surface area contributed by atoms with E-state index in [4.69, 9.17) is 0 Å². The predicted molar refractivity (Wildman–Crippen MR) is 69.6 cm³/mol. The summed E-state index contributed by atoms with van der Waals surface area (Å²) in [7, 11) is 1.89. The molecule has 0 fully saturated rings. The Morgan fingerprint density at radius 2 is 1.88 bits per heavy atom. The molecule has 0 amide bonds. The van der Waals surface area contributed by atoms with Gasteiger partial charge >= 0.3 is 0 Å². The lowest BCUT2D eigenvalue weighted by Gasteiger charge is -2.04. The number of rotatable bonds is 4. The molecule has 2 aromatic rings. The van der Waals surface area contributed by atoms with E-state index in [-0.39, 0.29) is 0 Å². The zero-order valence-electron chi connectivity index (χ0n) is 10.3. The van der Waals surface area contributed by atoms with Crippen molar-refractivity contribution in [1.82, 2.24) is 15.3 Å². The standard InChI is InChI=1S/C14H17N3/c1-3-11-4-6-12(7-5-11)13-8-9-16-14(17-13)10-15-2/h4-9,15H,3,10H2,1-2H3. The van der Waals surface area contributed by atoms with Gasteiger partial charge in [-0.2, -0.15) is 0 Å². The second-order valence-corrected chi connectivity index (χ2v) is 3.94. The maximum absolute atomic E-state index is 4.51. The van der Waals surface area contributed by atoms with Gasteiger partial charge in [0.2, 0.25) is 0 Å². The number of hydrogen-bond donors (Lipinski definition) is 1. The molecule has 3 nitrogen and oxygen atoms in total. The highest BCUT2D eigenvalue weighted by Crippen LogP contribution is 2.17. The van der Waals surface area contributed by atoms with Gasteiger partial charge < -0.3 is 5.32 Å². The average Bonchev–Trinajstić information content (AvgIpc) is 2.40. The van der Waals surface area contributed by atoms with Crippen LogP contribution in [0.2, 0.25) is 0 Å². The van der Waals surface area contributed by atoms with Crippen molar-refractivity contribution in [1.29, 1.82) is 0 Å². The van der Waals surface area contributed by atoms with Crippen LogP contribution in [-0.4, -0.2) is 17.0 Å². The van der Waals surface area contributed by atoms with Crippen LogP contribution < -0.4 is 5.32 Å². The minimum Gasteiger partial charge on any atom is -0.313 e. The van der Waals surface area contributed by atoms with Crippen molar-refractivity contribution in [3.63, 3.8) is 0 Å². The number of nitrogens with one attached hydrogen (secondary N) is 1. The highest BCUT2D eigenvalue weighted by molar-refractivity contribution is 5.58. The van der Waals surface area contributed by atoms with Gasteiger partial charge in [-0.3, -0.25) is 0 Å². The molecule has 0 unspecified atom stereocenters. The van der Waals surface area contributed by atoms with Crippen molar-refractivity contribution in [3.8, 4) is 11.3 Å². The SMILES string of the molecule is CCc1ccc(-c2ccnc(CNC)n2)cc1. The summed E-state index contributed by atoms with van der Waals surface area (Å²) in [6.45, 7) is 2.85. The molecule has 88 valence electrons. The first-order valence-electron chi connectivity index (χ1n) is 5.89. The third kappa shape index (κ3) is 2.88. The Bertz CT molecular complexity index is 477. The van der Waals surface area contributed by atoms with Crippen LogP contribution in [0.5, 0.6) is 0 Å². The summed E-state index contributed by atoms with van der Waals surface area (Å²) in [5.41, 5.74) is 3.47. The van der Waals surface area contributed by atoms with Gasteiger partial charge in [0.1, 0.15) is 5.82 Å². The molecule has 0 aliphatic rings. The zero-order chi connectivity index (χ0) is 12.1. The quantitative estimate of drug-likeness (QED) is 0.871. The maximum atomic E-state index is 4.51. The van der Waals surface area contributed by atoms with Gasteiger partial charge in [-0.05, 0) is 25.1 Å². The Morgan fingerprint density at radius 3 is 2.53 bits per heavy atom. The summed E-state index contributed by atoms with van der Waals surface area (Å²) in [5.74, 6) is 0.824. The van der Waals surface area contributed by atoms with E-state index in [1.54, 1.807) is 0 Å². The molecule has 0 bridgehead atoms. The molecule has 1 aromatic carbocycles. The molecule has 0 atom stereocenters. The Balaban J connectivity index is 2.28. The van der Waals surface area contributed by atoms with E-state index in [1.807, 2.05) is 19.3 Å². The molecule has 1 heterocycles. The van der Waals surface area contributed by atoms with Crippen molar-refractivity contribution in [3.05, 3.63) is 47.9 Å². The van der Waals surface area contributed by atoms with Crippen molar-refractivity contribution >= 4 is 0 Å². The maximum Gasteiger partial charge on any atom is 0.142 e. The molecule has 1 aromatic heterocycles. The molecule has 1 N–H and O–H groups in total. The van der Waals surface area contributed by atoms with Crippen molar-refractivity contribution in [2.75, 3.05) is 7.05 Å². The molecule has 0 aliphatic carbocycles. The first-order valence-corrected chi connectivity index (χ1v) is 5.89. The van der Waals surface area contributed by atoms with Crippen molar-refractivity contribution in [2.24, 2.45) is 0 Å². The summed E-state index contributed by atoms with van der Waals surface area (Å²) in [5, 5.41) is 3.06. The highest BCUT2D eigenvalue weighted by Gasteiger charge is 2.01. The van der Waals surface area contributed by atoms with E-state index >= 15 is 0 Å². The van der Waals surface area contributed by atoms with Crippen LogP contribution >= 0.6 is 0 Å². The molecule has 3 heteroatoms. The van der Waals surface area contributed by atoms with Crippen LogP contribution in [0.15, 0.2) is 36.5 Å². The largest absolute Gasteiger partial charge is 0.313 e. The summed E-state index contributed by atoms with van der Waals surface area (Å²) in [6.07, 6.45) is 2.87. The van der Waals surface area contributed by atoms with Gasteiger partial charge in [-0.1, -0.05) is 31.2 Å². The molecule has 0 saturated carbocycles. The zero-order valence-corrected chi connectivity index (χ0v) is 10.3. The Kier molecular flexibility index (Phi) is 3.83. The van der Waals surface area contributed by atoms with Crippen LogP contribution in [-0.2, 0) is 13.0 Å². The van der Waals surface area contributed by atoms with Gasteiger partial charge in [-0.25, -0.2) is 9.97 Å². The topological polar surface area (TPSA) is 37.8 Å². The first kappa shape index (κ1) is 11.7. The fourth-order valence-electron chi connectivity index (χ4n) is 1.71. The smallest absolute Gasteiger partial charge is 0.142 e. The molecule has 0 aliphatic heterocycles. The highest BCUT2D eigenvalue weighted by atomic mass is 14.9. The minimum atomic E-state index is 0.695. The number of hydrogen-bond acceptors (Lipinski definition) is 3. The van der Waals surface area contributed by atoms with Crippen LogP contribution in [0.4, 0.5) is 0 Å². The molecular weight excluding hydrogens is 210 g/mol. The van der Waals surface area contributed by atoms with E-state index in [1.165, 1.54) is 5.56 Å². The molecule has 2 rings (SSSR count). The summed E-state index contributed by atoms with van der Waals surface area (Å²) in [4.78, 5) is 8.73. The Labute approximate surface area is 102 Å². The van der Waals surface area contributed by atoms with Crippen LogP contribution in [0, 0.1) is 0 Å². The van der Waals surface area contributed by atoms with Gasteiger partial charge in [-0.15, -0.1) is 0 Å². The fraction of sp³-hybridized carbons (Fsp3) is 0.286. The predicted octanol–water partition coefficient (Wildman–Crippen LogP) is 2.43. The average molecular weight is 227 g/mol. The summed E-state index contributed by atoms with van der Waals surface area (Å²) < 4.78 is 0. The lowest BCUT2D eigenvalue weighted by atomic mass is 10.1. The minimum absolute atomic E-state index is 0.695. The third-order valence-electron chi connectivity index (χ3n) is 2.70. The number of aryl methyl sites for hydroxylation is 1. The van der Waals surface area contributed by atoms with E-state index in [9.17, 15) is 0 Å². The van der Waals surface area contributed by atoms with E-state index in [0.717, 1.165) is 23.5 Å². The number of nitrogens with zero attached hydrogens (tertiary/aromatic N) is 2. The lowest BCUT2D eigenvalue weighted by Crippen LogP contribution is -2.09. The van der Waals surface area contributed by atoms with Gasteiger partial charge in [0.25, 0.3) is 0 Å². The van der Waals surface area contributed by atoms with Crippen molar-refractivity contribution in [2.45, 2.75) is 19.9 Å². The fourth-order valence-corrected chi connectivity index (χ4v) is 1.71. The van der Waals surface area contributed by atoms with Crippen LogP contribution in [0.1, 0.15) is 18.3 Å². The molecule has 0 spiro atoms. The second kappa shape index (κ2) is 5.55. The monoisotopic (exact) mass is 227 g/mol. The van der Waals surface area contributed by atoms with E-state index < -0.39 is 0 Å². The number of benzene rings is 1. The lowest BCUT2D eigenvalue weighted by molar-refractivity contribution is 0.759. The summed E-state index contributed by atoms with van der Waals surface area (Å²) in [6, 6.07) is 10.5. The number of aromatic nitrogens is 2. The molecule has 0 saturated heterocycles.